The van der Waals surface area contributed by atoms with Crippen molar-refractivity contribution in [3.8, 4) is 5.75 Å². The molecule has 3 heterocycles. The Labute approximate surface area is 173 Å². The summed E-state index contributed by atoms with van der Waals surface area (Å²) in [5.41, 5.74) is 1.18. The molecule has 0 aromatic heterocycles. The highest BCUT2D eigenvalue weighted by Gasteiger charge is 2.45. The number of unbranched alkanes of at least 4 members (excludes halogenated alkanes) is 1. The summed E-state index contributed by atoms with van der Waals surface area (Å²) in [4.78, 5) is 32.3. The van der Waals surface area contributed by atoms with Crippen molar-refractivity contribution < 1.29 is 19.2 Å². The van der Waals surface area contributed by atoms with Crippen LogP contribution in [0.15, 0.2) is 24.3 Å². The minimum absolute atomic E-state index is 0.0347. The zero-order chi connectivity index (χ0) is 20.2. The van der Waals surface area contributed by atoms with Gasteiger partial charge in [0.2, 0.25) is 0 Å². The van der Waals surface area contributed by atoms with Gasteiger partial charge in [0.15, 0.2) is 0 Å². The van der Waals surface area contributed by atoms with Gasteiger partial charge in [-0.3, -0.25) is 9.69 Å². The van der Waals surface area contributed by atoms with E-state index >= 15 is 0 Å². The van der Waals surface area contributed by atoms with Gasteiger partial charge in [-0.05, 0) is 44.2 Å². The largest absolute Gasteiger partial charge is 0.495 e. The Kier molecular flexibility index (Phi) is 6.23. The number of imide groups is 1. The molecule has 0 bridgehead atoms. The molecule has 0 unspecified atom stereocenters. The molecular formula is C22H33N4O3+. The van der Waals surface area contributed by atoms with Crippen molar-refractivity contribution >= 4 is 17.6 Å². The van der Waals surface area contributed by atoms with E-state index in [1.54, 1.807) is 16.9 Å². The molecule has 3 fully saturated rings. The summed E-state index contributed by atoms with van der Waals surface area (Å²) < 4.78 is 5.49. The summed E-state index contributed by atoms with van der Waals surface area (Å²) >= 11 is 0. The number of quaternary nitrogens is 1. The summed E-state index contributed by atoms with van der Waals surface area (Å²) in [5.74, 6) is 0.972. The molecule has 1 N–H and O–H groups in total. The van der Waals surface area contributed by atoms with Gasteiger partial charge < -0.3 is 19.4 Å². The summed E-state index contributed by atoms with van der Waals surface area (Å²) in [6.07, 6.45) is 4.86. The molecule has 158 valence electrons. The lowest BCUT2D eigenvalue weighted by Gasteiger charge is -2.34. The predicted molar refractivity (Wildman–Crippen MR) is 111 cm³/mol. The number of nitrogens with zero attached hydrogens (tertiary/aromatic N) is 3. The van der Waals surface area contributed by atoms with Gasteiger partial charge in [-0.1, -0.05) is 12.1 Å². The molecule has 1 aromatic carbocycles. The second kappa shape index (κ2) is 9.03. The van der Waals surface area contributed by atoms with Crippen LogP contribution in [0.2, 0.25) is 0 Å². The third-order valence-corrected chi connectivity index (χ3v) is 6.59. The number of piperazine rings is 1. The normalized spacial score (nSPS) is 22.9. The van der Waals surface area contributed by atoms with E-state index in [0.717, 1.165) is 77.1 Å². The molecule has 0 saturated carbocycles. The molecule has 7 nitrogen and oxygen atoms in total. The minimum Gasteiger partial charge on any atom is -0.495 e. The number of carbonyl (C=O) groups excluding carboxylic acids is 2. The number of carbonyl (C=O) groups is 2. The zero-order valence-electron chi connectivity index (χ0n) is 17.4. The lowest BCUT2D eigenvalue weighted by Crippen LogP contribution is -3.14. The van der Waals surface area contributed by atoms with E-state index in [9.17, 15) is 9.59 Å². The average Bonchev–Trinajstić information content (AvgIpc) is 3.02. The fourth-order valence-corrected chi connectivity index (χ4v) is 4.90. The van der Waals surface area contributed by atoms with Crippen LogP contribution in [0, 0.1) is 0 Å². The van der Waals surface area contributed by atoms with E-state index < -0.39 is 0 Å². The van der Waals surface area contributed by atoms with Crippen molar-refractivity contribution in [3.05, 3.63) is 24.3 Å². The number of rotatable bonds is 7. The van der Waals surface area contributed by atoms with E-state index in [0.29, 0.717) is 6.54 Å². The van der Waals surface area contributed by atoms with Crippen molar-refractivity contribution in [2.45, 2.75) is 38.1 Å². The van der Waals surface area contributed by atoms with E-state index in [4.69, 9.17) is 4.74 Å². The maximum Gasteiger partial charge on any atom is 0.327 e. The highest BCUT2D eigenvalue weighted by Crippen LogP contribution is 2.28. The van der Waals surface area contributed by atoms with Crippen LogP contribution < -0.4 is 14.5 Å². The monoisotopic (exact) mass is 401 g/mol. The number of anilines is 1. The van der Waals surface area contributed by atoms with Crippen LogP contribution in [0.1, 0.15) is 32.1 Å². The lowest BCUT2D eigenvalue weighted by molar-refractivity contribution is -0.900. The summed E-state index contributed by atoms with van der Waals surface area (Å²) in [5, 5.41) is 0. The molecule has 1 aromatic rings. The average molecular weight is 402 g/mol. The van der Waals surface area contributed by atoms with Crippen LogP contribution >= 0.6 is 0 Å². The Balaban J connectivity index is 1.19. The Morgan fingerprint density at radius 2 is 1.86 bits per heavy atom. The Hall–Kier alpha value is -2.28. The SMILES string of the molecule is COc1ccccc1N1CC[NH+](CCCCN2C(=O)[C@@H]3CCCCN3C2=O)CC1. The van der Waals surface area contributed by atoms with Gasteiger partial charge in [0.1, 0.15) is 11.8 Å². The highest BCUT2D eigenvalue weighted by atomic mass is 16.5. The molecule has 3 aliphatic heterocycles. The topological polar surface area (TPSA) is 57.5 Å². The quantitative estimate of drug-likeness (QED) is 0.547. The van der Waals surface area contributed by atoms with Crippen LogP contribution in [-0.2, 0) is 4.79 Å². The number of fused-ring (bicyclic) bond motifs is 1. The minimum atomic E-state index is -0.176. The van der Waals surface area contributed by atoms with E-state index in [2.05, 4.69) is 17.0 Å². The van der Waals surface area contributed by atoms with Crippen LogP contribution in [-0.4, -0.2) is 80.7 Å². The molecule has 3 saturated heterocycles. The second-order valence-corrected chi connectivity index (χ2v) is 8.34. The number of methoxy groups -OCH3 is 1. The van der Waals surface area contributed by atoms with E-state index in [-0.39, 0.29) is 18.0 Å². The number of hydrogen-bond donors (Lipinski definition) is 1. The summed E-state index contributed by atoms with van der Waals surface area (Å²) in [6, 6.07) is 7.97. The number of ether oxygens (including phenoxy) is 1. The third kappa shape index (κ3) is 4.20. The molecule has 4 rings (SSSR count). The van der Waals surface area contributed by atoms with Crippen molar-refractivity contribution in [1.29, 1.82) is 0 Å². The van der Waals surface area contributed by atoms with Gasteiger partial charge >= 0.3 is 6.03 Å². The fraction of sp³-hybridized carbons (Fsp3) is 0.636. The molecule has 1 atom stereocenters. The van der Waals surface area contributed by atoms with Crippen molar-refractivity contribution in [2.75, 3.05) is 57.8 Å². The van der Waals surface area contributed by atoms with Crippen LogP contribution in [0.25, 0.3) is 0 Å². The Morgan fingerprint density at radius 3 is 2.62 bits per heavy atom. The summed E-state index contributed by atoms with van der Waals surface area (Å²) in [6.45, 7) is 6.68. The number of nitrogens with one attached hydrogen (secondary N) is 1. The molecule has 3 amide bonds. The molecule has 0 radical (unpaired) electrons. The molecule has 29 heavy (non-hydrogen) atoms. The van der Waals surface area contributed by atoms with Crippen LogP contribution in [0.4, 0.5) is 10.5 Å². The number of amides is 3. The molecule has 0 aliphatic carbocycles. The number of hydrogen-bond acceptors (Lipinski definition) is 4. The second-order valence-electron chi connectivity index (χ2n) is 8.34. The summed E-state index contributed by atoms with van der Waals surface area (Å²) in [7, 11) is 1.72. The van der Waals surface area contributed by atoms with Gasteiger partial charge in [0.25, 0.3) is 5.91 Å². The first kappa shape index (κ1) is 20.0. The van der Waals surface area contributed by atoms with Crippen molar-refractivity contribution in [1.82, 2.24) is 9.80 Å². The predicted octanol–water partition coefficient (Wildman–Crippen LogP) is 0.997. The Morgan fingerprint density at radius 1 is 1.07 bits per heavy atom. The smallest absolute Gasteiger partial charge is 0.327 e. The van der Waals surface area contributed by atoms with Gasteiger partial charge in [0, 0.05) is 13.1 Å². The van der Waals surface area contributed by atoms with E-state index in [1.807, 2.05) is 12.1 Å². The number of para-hydroxylation sites is 2. The molecule has 0 spiro atoms. The van der Waals surface area contributed by atoms with Gasteiger partial charge in [-0.15, -0.1) is 0 Å². The maximum atomic E-state index is 12.5. The number of urea groups is 1. The van der Waals surface area contributed by atoms with Gasteiger partial charge in [-0.25, -0.2) is 4.79 Å². The standard InChI is InChI=1S/C22H32N4O3/c1-29-20-10-3-2-8-18(20)24-16-14-23(15-17-24)11-6-7-13-26-21(27)19-9-4-5-12-25(19)22(26)28/h2-3,8,10,19H,4-7,9,11-17H2,1H3/p+1/t19-/m0/s1. The van der Waals surface area contributed by atoms with Crippen LogP contribution in [0.3, 0.4) is 0 Å². The lowest BCUT2D eigenvalue weighted by atomic mass is 10.0. The first-order chi connectivity index (χ1) is 14.2. The maximum absolute atomic E-state index is 12.5. The highest BCUT2D eigenvalue weighted by molar-refractivity contribution is 6.04. The number of benzene rings is 1. The first-order valence-electron chi connectivity index (χ1n) is 11.0. The molecule has 3 aliphatic rings. The third-order valence-electron chi connectivity index (χ3n) is 6.59. The zero-order valence-corrected chi connectivity index (χ0v) is 17.4. The van der Waals surface area contributed by atoms with Crippen LogP contribution in [0.5, 0.6) is 5.75 Å². The first-order valence-corrected chi connectivity index (χ1v) is 11.0. The fourth-order valence-electron chi connectivity index (χ4n) is 4.90. The van der Waals surface area contributed by atoms with E-state index in [1.165, 1.54) is 10.6 Å². The van der Waals surface area contributed by atoms with Crippen molar-refractivity contribution in [3.63, 3.8) is 0 Å². The Bertz CT molecular complexity index is 709. The molecule has 7 heteroatoms. The van der Waals surface area contributed by atoms with Gasteiger partial charge in [-0.2, -0.15) is 0 Å². The van der Waals surface area contributed by atoms with Crippen molar-refractivity contribution in [2.24, 2.45) is 0 Å². The molecular weight excluding hydrogens is 368 g/mol. The number of piperidine rings is 1. The van der Waals surface area contributed by atoms with Gasteiger partial charge in [0.05, 0.1) is 45.5 Å².